The highest BCUT2D eigenvalue weighted by Crippen LogP contribution is 2.49. The first kappa shape index (κ1) is 52.1. The van der Waals surface area contributed by atoms with Crippen LogP contribution in [0, 0.1) is 0 Å². The van der Waals surface area contributed by atoms with E-state index in [0.717, 1.165) is 79.5 Å². The van der Waals surface area contributed by atoms with Crippen molar-refractivity contribution in [1.82, 2.24) is 10.2 Å². The van der Waals surface area contributed by atoms with Crippen molar-refractivity contribution in [2.75, 3.05) is 53.7 Å². The summed E-state index contributed by atoms with van der Waals surface area (Å²) < 4.78 is 34.2. The van der Waals surface area contributed by atoms with E-state index in [-0.39, 0.29) is 36.5 Å². The van der Waals surface area contributed by atoms with E-state index in [1.54, 1.807) is 4.90 Å². The lowest BCUT2D eigenvalue weighted by Gasteiger charge is -2.31. The van der Waals surface area contributed by atoms with Gasteiger partial charge < -0.3 is 30.6 Å². The molecule has 0 fully saturated rings. The first-order valence-electron chi connectivity index (χ1n) is 23.7. The molecule has 68 heavy (non-hydrogen) atoms. The second-order valence-corrected chi connectivity index (χ2v) is 21.0. The van der Waals surface area contributed by atoms with Crippen molar-refractivity contribution < 1.29 is 37.6 Å². The molecule has 2 heterocycles. The predicted octanol–water partition coefficient (Wildman–Crippen LogP) is 9.42. The van der Waals surface area contributed by atoms with Crippen LogP contribution < -0.4 is 20.4 Å². The summed E-state index contributed by atoms with van der Waals surface area (Å²) in [5, 5.41) is 25.0. The summed E-state index contributed by atoms with van der Waals surface area (Å²) in [7, 11) is -4.28. The van der Waals surface area contributed by atoms with Crippen LogP contribution in [0.3, 0.4) is 0 Å². The van der Waals surface area contributed by atoms with Gasteiger partial charge in [-0.1, -0.05) is 119 Å². The van der Waals surface area contributed by atoms with Crippen molar-refractivity contribution >= 4 is 56.6 Å². The molecule has 6 rings (SSSR count). The molecule has 13 nitrogen and oxygen atoms in total. The normalized spacial score (nSPS) is 19.3. The standard InChI is InChI=1S/C53H68ClN5O8S/c1-6-41(57(35-50(63)64)32-30-55-34-49(61)62)33-37-22-26-40(27-23-37)56-48(60)21-8-7-13-31-58-44-19-11-9-17-42(44)52(2,3)46(58)28-24-38-15-14-16-39(51(38)54)25-29-47-53(4,5)43-18-10-12-20-45(43)59(47)36-68(65,66)67/h9-12,17-20,22-29,41,47,55H,6-8,13-16,21,30-36H2,1-5H3,(H,56,60)(H,61,62)(H,63,64)(H,65,66,67)/b29-25+,38-24+,46-28+. The number of benzene rings is 3. The molecule has 3 aliphatic rings. The van der Waals surface area contributed by atoms with E-state index in [1.165, 1.54) is 16.9 Å². The molecule has 366 valence electrons. The number of hydrogen-bond donors (Lipinski definition) is 5. The number of rotatable bonds is 23. The molecule has 5 N–H and O–H groups in total. The summed E-state index contributed by atoms with van der Waals surface area (Å²) in [6.45, 7) is 11.9. The van der Waals surface area contributed by atoms with Gasteiger partial charge in [0.15, 0.2) is 0 Å². The van der Waals surface area contributed by atoms with Gasteiger partial charge in [0.2, 0.25) is 5.91 Å². The molecule has 2 aliphatic heterocycles. The van der Waals surface area contributed by atoms with Gasteiger partial charge in [0, 0.05) is 70.7 Å². The van der Waals surface area contributed by atoms with Gasteiger partial charge in [-0.25, -0.2) is 0 Å². The van der Waals surface area contributed by atoms with E-state index < -0.39 is 33.3 Å². The van der Waals surface area contributed by atoms with E-state index in [0.29, 0.717) is 36.7 Å². The van der Waals surface area contributed by atoms with E-state index in [1.807, 2.05) is 72.5 Å². The fourth-order valence-corrected chi connectivity index (χ4v) is 11.0. The van der Waals surface area contributed by atoms with Crippen LogP contribution in [0.25, 0.3) is 0 Å². The third-order valence-electron chi connectivity index (χ3n) is 13.6. The lowest BCUT2D eigenvalue weighted by molar-refractivity contribution is -0.139. The monoisotopic (exact) mass is 969 g/mol. The Morgan fingerprint density at radius 3 is 2.26 bits per heavy atom. The van der Waals surface area contributed by atoms with Gasteiger partial charge in [0.1, 0.15) is 5.88 Å². The zero-order chi connectivity index (χ0) is 49.2. The van der Waals surface area contributed by atoms with Crippen LogP contribution >= 0.6 is 11.6 Å². The highest BCUT2D eigenvalue weighted by Gasteiger charge is 2.44. The minimum absolute atomic E-state index is 0.0507. The van der Waals surface area contributed by atoms with E-state index in [9.17, 15) is 32.5 Å². The summed E-state index contributed by atoms with van der Waals surface area (Å²) in [4.78, 5) is 41.5. The first-order chi connectivity index (χ1) is 32.3. The smallest absolute Gasteiger partial charge is 0.317 e. The van der Waals surface area contributed by atoms with Gasteiger partial charge in [-0.05, 0) is 103 Å². The van der Waals surface area contributed by atoms with Gasteiger partial charge in [-0.15, -0.1) is 0 Å². The fourth-order valence-electron chi connectivity index (χ4n) is 10.1. The number of nitrogens with one attached hydrogen (secondary N) is 2. The van der Waals surface area contributed by atoms with Crippen molar-refractivity contribution in [3.05, 3.63) is 136 Å². The van der Waals surface area contributed by atoms with Crippen molar-refractivity contribution in [3.8, 4) is 0 Å². The molecule has 0 aromatic heterocycles. The Morgan fingerprint density at radius 1 is 0.897 bits per heavy atom. The van der Waals surface area contributed by atoms with Gasteiger partial charge in [0.05, 0.1) is 19.1 Å². The third-order valence-corrected chi connectivity index (χ3v) is 14.7. The van der Waals surface area contributed by atoms with Crippen LogP contribution in [0.1, 0.15) is 103 Å². The number of fused-ring (bicyclic) bond motifs is 2. The SMILES string of the molecule is CCC(Cc1ccc(NC(=O)CCCCCN2/C(=C/C=C3\CCCC(/C=C/C4N(CS(=O)(=O)O)c5ccccc5C4(C)C)=C3Cl)C(C)(C)c3ccccc32)cc1)N(CCNCC(=O)O)CC(=O)O. The molecule has 0 saturated carbocycles. The topological polar surface area (TPSA) is 180 Å². The Bertz CT molecular complexity index is 2530. The van der Waals surface area contributed by atoms with Crippen LogP contribution in [-0.2, 0) is 41.8 Å². The van der Waals surface area contributed by atoms with Crippen molar-refractivity contribution in [2.45, 2.75) is 115 Å². The zero-order valence-corrected chi connectivity index (χ0v) is 41.6. The Morgan fingerprint density at radius 2 is 1.59 bits per heavy atom. The Labute approximate surface area is 407 Å². The number of carbonyl (C=O) groups is 3. The Kier molecular flexibility index (Phi) is 17.6. The van der Waals surface area contributed by atoms with E-state index in [2.05, 4.69) is 79.6 Å². The lowest BCUT2D eigenvalue weighted by atomic mass is 9.80. The molecular weight excluding hydrogens is 902 g/mol. The lowest BCUT2D eigenvalue weighted by Crippen LogP contribution is -2.44. The molecule has 0 saturated heterocycles. The first-order valence-corrected chi connectivity index (χ1v) is 25.7. The number of nitrogens with zero attached hydrogens (tertiary/aromatic N) is 3. The number of aliphatic carboxylic acids is 2. The van der Waals surface area contributed by atoms with Crippen LogP contribution in [0.15, 0.2) is 119 Å². The highest BCUT2D eigenvalue weighted by atomic mass is 35.5. The molecule has 0 radical (unpaired) electrons. The summed E-state index contributed by atoms with van der Waals surface area (Å²) in [6.07, 6.45) is 15.2. The number of unbranched alkanes of at least 4 members (excludes halogenated alkanes) is 2. The number of allylic oxidation sites excluding steroid dienone is 7. The molecule has 3 aromatic rings. The molecule has 2 unspecified atom stereocenters. The maximum Gasteiger partial charge on any atom is 0.317 e. The number of anilines is 3. The van der Waals surface area contributed by atoms with Crippen LogP contribution in [0.4, 0.5) is 17.1 Å². The van der Waals surface area contributed by atoms with E-state index >= 15 is 0 Å². The second kappa shape index (κ2) is 22.9. The number of halogens is 1. The molecule has 15 heteroatoms. The quantitative estimate of drug-likeness (QED) is 0.0450. The van der Waals surface area contributed by atoms with Crippen molar-refractivity contribution in [3.63, 3.8) is 0 Å². The minimum atomic E-state index is -4.28. The van der Waals surface area contributed by atoms with Crippen LogP contribution in [-0.4, -0.2) is 96.6 Å². The molecule has 1 amide bonds. The molecule has 3 aromatic carbocycles. The van der Waals surface area contributed by atoms with Gasteiger partial charge in [-0.3, -0.25) is 23.8 Å². The van der Waals surface area contributed by atoms with Crippen molar-refractivity contribution in [1.29, 1.82) is 0 Å². The van der Waals surface area contributed by atoms with Gasteiger partial charge in [0.25, 0.3) is 10.1 Å². The maximum atomic E-state index is 13.0. The number of hydrogen-bond acceptors (Lipinski definition) is 9. The summed E-state index contributed by atoms with van der Waals surface area (Å²) >= 11 is 7.20. The fraction of sp³-hybridized carbons (Fsp3) is 0.453. The molecule has 0 bridgehead atoms. The van der Waals surface area contributed by atoms with Crippen LogP contribution in [0.5, 0.6) is 0 Å². The van der Waals surface area contributed by atoms with Crippen LogP contribution in [0.2, 0.25) is 0 Å². The number of carboxylic acids is 2. The maximum absolute atomic E-state index is 13.0. The molecular formula is C53H68ClN5O8S. The number of para-hydroxylation sites is 2. The summed E-state index contributed by atoms with van der Waals surface area (Å²) in [6, 6.07) is 23.5. The largest absolute Gasteiger partial charge is 0.480 e. The average molecular weight is 971 g/mol. The highest BCUT2D eigenvalue weighted by molar-refractivity contribution is 7.85. The molecule has 1 aliphatic carbocycles. The second-order valence-electron chi connectivity index (χ2n) is 19.2. The average Bonchev–Trinajstić information content (AvgIpc) is 3.63. The zero-order valence-electron chi connectivity index (χ0n) is 40.0. The van der Waals surface area contributed by atoms with Crippen molar-refractivity contribution in [2.24, 2.45) is 0 Å². The third kappa shape index (κ3) is 13.1. The van der Waals surface area contributed by atoms with Gasteiger partial charge >= 0.3 is 11.9 Å². The Balaban J connectivity index is 1.06. The number of amides is 1. The molecule has 2 atom stereocenters. The Hall–Kier alpha value is -5.25. The number of carbonyl (C=O) groups excluding carboxylic acids is 1. The van der Waals surface area contributed by atoms with E-state index in [4.69, 9.17) is 16.7 Å². The summed E-state index contributed by atoms with van der Waals surface area (Å²) in [5.74, 6) is -2.45. The predicted molar refractivity (Wildman–Crippen MR) is 272 cm³/mol. The summed E-state index contributed by atoms with van der Waals surface area (Å²) in [5.41, 5.74) is 8.52. The minimum Gasteiger partial charge on any atom is -0.480 e. The number of carboxylic acid groups (broad SMARTS) is 2. The molecule has 0 spiro atoms. The van der Waals surface area contributed by atoms with Gasteiger partial charge in [-0.2, -0.15) is 8.42 Å².